The molecule has 0 heterocycles. The average molecular weight is 250 g/mol. The number of hydrogen-bond acceptors (Lipinski definition) is 2. The van der Waals surface area contributed by atoms with E-state index in [1.54, 1.807) is 0 Å². The molecule has 0 N–H and O–H groups in total. The Labute approximate surface area is 111 Å². The third-order valence-electron chi connectivity index (χ3n) is 4.74. The zero-order valence-corrected chi connectivity index (χ0v) is 11.5. The monoisotopic (exact) mass is 250 g/mol. The first-order valence-electron chi connectivity index (χ1n) is 7.83. The van der Waals surface area contributed by atoms with Crippen LogP contribution in [0.3, 0.4) is 0 Å². The van der Waals surface area contributed by atoms with Crippen LogP contribution in [0.1, 0.15) is 77.0 Å². The van der Waals surface area contributed by atoms with Gasteiger partial charge in [-0.2, -0.15) is 0 Å². The molecule has 0 radical (unpaired) electrons. The highest BCUT2D eigenvalue weighted by atomic mass is 16.1. The van der Waals surface area contributed by atoms with Crippen molar-refractivity contribution in [3.8, 4) is 0 Å². The fourth-order valence-electron chi connectivity index (χ4n) is 3.50. The summed E-state index contributed by atoms with van der Waals surface area (Å²) in [5.41, 5.74) is 0. The third kappa shape index (κ3) is 3.93. The zero-order valence-electron chi connectivity index (χ0n) is 11.5. The van der Waals surface area contributed by atoms with Crippen LogP contribution in [0.2, 0.25) is 0 Å². The molecule has 2 nitrogen and oxygen atoms in total. The molecule has 0 aromatic heterocycles. The smallest absolute Gasteiger partial charge is 0.136 e. The van der Waals surface area contributed by atoms with Gasteiger partial charge in [-0.15, -0.1) is 0 Å². The van der Waals surface area contributed by atoms with Crippen LogP contribution in [0, 0.1) is 11.8 Å². The predicted octanol–water partition coefficient (Wildman–Crippen LogP) is 4.07. The van der Waals surface area contributed by atoms with Gasteiger partial charge in [-0.3, -0.25) is 9.59 Å². The van der Waals surface area contributed by atoms with Crippen LogP contribution in [0.15, 0.2) is 0 Å². The van der Waals surface area contributed by atoms with E-state index >= 15 is 0 Å². The molecule has 102 valence electrons. The first-order valence-corrected chi connectivity index (χ1v) is 7.83. The van der Waals surface area contributed by atoms with E-state index in [-0.39, 0.29) is 11.8 Å². The number of hydrogen-bond donors (Lipinski definition) is 0. The zero-order chi connectivity index (χ0) is 12.8. The van der Waals surface area contributed by atoms with Gasteiger partial charge in [0, 0.05) is 24.7 Å². The fraction of sp³-hybridized carbons (Fsp3) is 0.875. The minimum atomic E-state index is 0.276. The SMILES string of the molecule is O=C(CCC(=O)C1CCCCC1)C1CCCCC1. The van der Waals surface area contributed by atoms with Crippen molar-refractivity contribution in [2.24, 2.45) is 11.8 Å². The Kier molecular flexibility index (Phi) is 5.40. The summed E-state index contributed by atoms with van der Waals surface area (Å²) in [6, 6.07) is 0. The van der Waals surface area contributed by atoms with Crippen LogP contribution in [0.5, 0.6) is 0 Å². The highest BCUT2D eigenvalue weighted by Gasteiger charge is 2.24. The van der Waals surface area contributed by atoms with Crippen LogP contribution in [0.25, 0.3) is 0 Å². The van der Waals surface area contributed by atoms with E-state index in [0.29, 0.717) is 24.4 Å². The molecule has 0 aliphatic heterocycles. The molecule has 2 aliphatic carbocycles. The largest absolute Gasteiger partial charge is 0.299 e. The van der Waals surface area contributed by atoms with Gasteiger partial charge in [-0.05, 0) is 25.7 Å². The van der Waals surface area contributed by atoms with Crippen LogP contribution in [0.4, 0.5) is 0 Å². The molecule has 2 heteroatoms. The first-order chi connectivity index (χ1) is 8.77. The Hall–Kier alpha value is -0.660. The average Bonchev–Trinajstić information content (AvgIpc) is 2.46. The van der Waals surface area contributed by atoms with Crippen LogP contribution < -0.4 is 0 Å². The summed E-state index contributed by atoms with van der Waals surface area (Å²) in [6.07, 6.45) is 12.7. The number of rotatable bonds is 5. The van der Waals surface area contributed by atoms with E-state index in [4.69, 9.17) is 0 Å². The maximum atomic E-state index is 12.0. The summed E-state index contributed by atoms with van der Waals surface area (Å²) in [5.74, 6) is 1.27. The minimum absolute atomic E-state index is 0.276. The van der Waals surface area contributed by atoms with Gasteiger partial charge in [0.25, 0.3) is 0 Å². The van der Waals surface area contributed by atoms with Gasteiger partial charge in [0.15, 0.2) is 0 Å². The molecule has 0 amide bonds. The molecule has 0 aromatic rings. The van der Waals surface area contributed by atoms with Gasteiger partial charge in [0.2, 0.25) is 0 Å². The standard InChI is InChI=1S/C16H26O2/c17-15(13-7-3-1-4-8-13)11-12-16(18)14-9-5-2-6-10-14/h13-14H,1-12H2. The molecular weight excluding hydrogens is 224 g/mol. The Morgan fingerprint density at radius 2 is 0.944 bits per heavy atom. The second-order valence-corrected chi connectivity index (χ2v) is 6.10. The van der Waals surface area contributed by atoms with Gasteiger partial charge < -0.3 is 0 Å². The van der Waals surface area contributed by atoms with Crippen molar-refractivity contribution in [3.63, 3.8) is 0 Å². The lowest BCUT2D eigenvalue weighted by Gasteiger charge is -2.22. The maximum Gasteiger partial charge on any atom is 0.136 e. The van der Waals surface area contributed by atoms with Gasteiger partial charge in [0.1, 0.15) is 11.6 Å². The lowest BCUT2D eigenvalue weighted by molar-refractivity contribution is -0.129. The van der Waals surface area contributed by atoms with E-state index in [0.717, 1.165) is 25.7 Å². The van der Waals surface area contributed by atoms with Crippen molar-refractivity contribution < 1.29 is 9.59 Å². The topological polar surface area (TPSA) is 34.1 Å². The molecule has 0 saturated heterocycles. The summed E-state index contributed by atoms with van der Waals surface area (Å²) in [5, 5.41) is 0. The van der Waals surface area contributed by atoms with Crippen molar-refractivity contribution in [3.05, 3.63) is 0 Å². The van der Waals surface area contributed by atoms with Crippen LogP contribution in [-0.2, 0) is 9.59 Å². The lowest BCUT2D eigenvalue weighted by Crippen LogP contribution is -2.22. The summed E-state index contributed by atoms with van der Waals surface area (Å²) >= 11 is 0. The number of Topliss-reactive ketones (excluding diaryl/α,β-unsaturated/α-hetero) is 2. The highest BCUT2D eigenvalue weighted by Crippen LogP contribution is 2.28. The summed E-state index contributed by atoms with van der Waals surface area (Å²) < 4.78 is 0. The summed E-state index contributed by atoms with van der Waals surface area (Å²) in [4.78, 5) is 24.1. The van der Waals surface area contributed by atoms with Crippen molar-refractivity contribution in [1.82, 2.24) is 0 Å². The highest BCUT2D eigenvalue weighted by molar-refractivity contribution is 5.88. The summed E-state index contributed by atoms with van der Waals surface area (Å²) in [6.45, 7) is 0. The predicted molar refractivity (Wildman–Crippen MR) is 72.4 cm³/mol. The molecule has 0 atom stereocenters. The second kappa shape index (κ2) is 7.06. The van der Waals surface area contributed by atoms with Crippen LogP contribution >= 0.6 is 0 Å². The van der Waals surface area contributed by atoms with E-state index < -0.39 is 0 Å². The minimum Gasteiger partial charge on any atom is -0.299 e. The Bertz CT molecular complexity index is 253. The van der Waals surface area contributed by atoms with Gasteiger partial charge >= 0.3 is 0 Å². The van der Waals surface area contributed by atoms with Gasteiger partial charge in [-0.25, -0.2) is 0 Å². The molecule has 2 aliphatic rings. The lowest BCUT2D eigenvalue weighted by atomic mass is 9.82. The first kappa shape index (κ1) is 13.8. The Morgan fingerprint density at radius 1 is 0.611 bits per heavy atom. The number of ketones is 2. The Morgan fingerprint density at radius 3 is 1.28 bits per heavy atom. The van der Waals surface area contributed by atoms with E-state index in [9.17, 15) is 9.59 Å². The van der Waals surface area contributed by atoms with Gasteiger partial charge in [0.05, 0.1) is 0 Å². The molecule has 18 heavy (non-hydrogen) atoms. The normalized spacial score (nSPS) is 22.9. The van der Waals surface area contributed by atoms with Crippen molar-refractivity contribution >= 4 is 11.6 Å². The molecule has 0 unspecified atom stereocenters. The summed E-state index contributed by atoms with van der Waals surface area (Å²) in [7, 11) is 0. The third-order valence-corrected chi connectivity index (χ3v) is 4.74. The molecular formula is C16H26O2. The molecule has 0 spiro atoms. The molecule has 2 fully saturated rings. The van der Waals surface area contributed by atoms with E-state index in [1.165, 1.54) is 38.5 Å². The fourth-order valence-corrected chi connectivity index (χ4v) is 3.50. The van der Waals surface area contributed by atoms with Crippen molar-refractivity contribution in [2.45, 2.75) is 77.0 Å². The molecule has 2 saturated carbocycles. The number of carbonyl (C=O) groups is 2. The van der Waals surface area contributed by atoms with E-state index in [2.05, 4.69) is 0 Å². The maximum absolute atomic E-state index is 12.0. The number of carbonyl (C=O) groups excluding carboxylic acids is 2. The van der Waals surface area contributed by atoms with Crippen molar-refractivity contribution in [2.75, 3.05) is 0 Å². The van der Waals surface area contributed by atoms with Crippen molar-refractivity contribution in [1.29, 1.82) is 0 Å². The molecule has 2 rings (SSSR count). The van der Waals surface area contributed by atoms with Gasteiger partial charge in [-0.1, -0.05) is 38.5 Å². The second-order valence-electron chi connectivity index (χ2n) is 6.10. The molecule has 0 bridgehead atoms. The van der Waals surface area contributed by atoms with Crippen LogP contribution in [-0.4, -0.2) is 11.6 Å². The quantitative estimate of drug-likeness (QED) is 0.737. The Balaban J connectivity index is 1.69. The molecule has 0 aromatic carbocycles. The van der Waals surface area contributed by atoms with E-state index in [1.807, 2.05) is 0 Å².